The van der Waals surface area contributed by atoms with Crippen molar-refractivity contribution in [2.24, 2.45) is 0 Å². The Morgan fingerprint density at radius 3 is 1.35 bits per heavy atom. The highest BCUT2D eigenvalue weighted by Gasteiger charge is 2.36. The molecule has 16 rings (SSSR count). The second-order valence-electron chi connectivity index (χ2n) is 19.6. The summed E-state index contributed by atoms with van der Waals surface area (Å²) in [5.41, 5.74) is 15.0. The highest BCUT2D eigenvalue weighted by molar-refractivity contribution is 6.30. The Bertz CT molecular complexity index is 4590. The van der Waals surface area contributed by atoms with Crippen LogP contribution in [0.1, 0.15) is 25.0 Å². The smallest absolute Gasteiger partial charge is 0.160 e. The number of hydrogen-bond acceptors (Lipinski definition) is 4. The molecule has 4 nitrogen and oxygen atoms in total. The average Bonchev–Trinajstić information content (AvgIpc) is 4.06. The zero-order valence-corrected chi connectivity index (χ0v) is 37.8. The molecule has 15 aromatic rings. The van der Waals surface area contributed by atoms with Crippen LogP contribution in [0.4, 0.5) is 34.1 Å². The molecule has 0 atom stereocenters. The molecule has 0 spiro atoms. The predicted octanol–water partition coefficient (Wildman–Crippen LogP) is 18.8. The Morgan fingerprint density at radius 1 is 0.319 bits per heavy atom. The third-order valence-corrected chi connectivity index (χ3v) is 15.7. The van der Waals surface area contributed by atoms with Crippen LogP contribution in [-0.4, -0.2) is 0 Å². The number of fused-ring (bicyclic) bond motifs is 3. The van der Waals surface area contributed by atoms with Crippen LogP contribution in [0.2, 0.25) is 0 Å². The summed E-state index contributed by atoms with van der Waals surface area (Å²) < 4.78 is 13.9. The topological polar surface area (TPSA) is 32.8 Å². The first-order valence-electron chi connectivity index (χ1n) is 23.9. The van der Waals surface area contributed by atoms with Crippen molar-refractivity contribution in [2.45, 2.75) is 19.3 Å². The first kappa shape index (κ1) is 37.3. The molecule has 0 bridgehead atoms. The highest BCUT2D eigenvalue weighted by atomic mass is 16.3. The molecule has 0 amide bonds. The summed E-state index contributed by atoms with van der Waals surface area (Å²) in [6, 6.07) is 75.8. The monoisotopic (exact) mass is 880 g/mol. The molecule has 1 aliphatic rings. The fraction of sp³-hybridized carbons (Fsp3) is 0.0462. The fourth-order valence-electron chi connectivity index (χ4n) is 12.6. The van der Waals surface area contributed by atoms with E-state index in [-0.39, 0.29) is 5.41 Å². The summed E-state index contributed by atoms with van der Waals surface area (Å²) in [4.78, 5) is 4.87. The van der Waals surface area contributed by atoms with E-state index in [4.69, 9.17) is 8.83 Å². The molecule has 0 saturated carbocycles. The lowest BCUT2D eigenvalue weighted by Crippen LogP contribution is -2.16. The van der Waals surface area contributed by atoms with Gasteiger partial charge in [0.2, 0.25) is 0 Å². The molecule has 0 fully saturated rings. The molecular formula is C65H40N2O2. The fourth-order valence-corrected chi connectivity index (χ4v) is 12.6. The van der Waals surface area contributed by atoms with Crippen molar-refractivity contribution in [2.75, 3.05) is 9.80 Å². The van der Waals surface area contributed by atoms with E-state index in [0.717, 1.165) is 67.2 Å². The molecule has 322 valence electrons. The lowest BCUT2D eigenvalue weighted by Gasteiger charge is -2.30. The van der Waals surface area contributed by atoms with Crippen LogP contribution in [0.15, 0.2) is 215 Å². The number of furan rings is 2. The number of nitrogens with zero attached hydrogens (tertiary/aromatic N) is 2. The lowest BCUT2D eigenvalue weighted by atomic mass is 9.82. The molecule has 0 N–H and O–H groups in total. The summed E-state index contributed by atoms with van der Waals surface area (Å²) >= 11 is 0. The average molecular weight is 881 g/mol. The van der Waals surface area contributed by atoms with E-state index in [1.807, 2.05) is 0 Å². The van der Waals surface area contributed by atoms with Gasteiger partial charge in [-0.2, -0.15) is 0 Å². The van der Waals surface area contributed by atoms with Gasteiger partial charge in [0.15, 0.2) is 11.2 Å². The summed E-state index contributed by atoms with van der Waals surface area (Å²) in [6.07, 6.45) is 0. The maximum Gasteiger partial charge on any atom is 0.160 e. The third-order valence-electron chi connectivity index (χ3n) is 15.7. The number of anilines is 6. The molecule has 1 aliphatic carbocycles. The van der Waals surface area contributed by atoms with Gasteiger partial charge in [0, 0.05) is 49.1 Å². The lowest BCUT2D eigenvalue weighted by molar-refractivity contribution is 0.660. The molecule has 0 unspecified atom stereocenters. The van der Waals surface area contributed by atoms with Crippen LogP contribution in [0.3, 0.4) is 0 Å². The minimum Gasteiger partial charge on any atom is -0.454 e. The molecular weight excluding hydrogens is 841 g/mol. The van der Waals surface area contributed by atoms with Gasteiger partial charge in [0.05, 0.1) is 22.7 Å². The van der Waals surface area contributed by atoms with Crippen molar-refractivity contribution in [3.8, 4) is 11.1 Å². The van der Waals surface area contributed by atoms with Crippen LogP contribution in [0, 0.1) is 0 Å². The van der Waals surface area contributed by atoms with Crippen molar-refractivity contribution in [1.29, 1.82) is 0 Å². The van der Waals surface area contributed by atoms with Gasteiger partial charge in [-0.05, 0) is 126 Å². The van der Waals surface area contributed by atoms with Gasteiger partial charge in [0.25, 0.3) is 0 Å². The minimum atomic E-state index is -0.180. The summed E-state index contributed by atoms with van der Waals surface area (Å²) in [6.45, 7) is 4.72. The van der Waals surface area contributed by atoms with Crippen molar-refractivity contribution in [3.05, 3.63) is 217 Å². The van der Waals surface area contributed by atoms with Gasteiger partial charge in [0.1, 0.15) is 11.2 Å². The first-order chi connectivity index (χ1) is 34.0. The van der Waals surface area contributed by atoms with Crippen LogP contribution < -0.4 is 9.80 Å². The van der Waals surface area contributed by atoms with Gasteiger partial charge < -0.3 is 18.6 Å². The van der Waals surface area contributed by atoms with E-state index >= 15 is 0 Å². The van der Waals surface area contributed by atoms with E-state index in [2.05, 4.69) is 230 Å². The quantitative estimate of drug-likeness (QED) is 0.156. The van der Waals surface area contributed by atoms with Crippen LogP contribution in [0.5, 0.6) is 0 Å². The molecule has 2 aromatic heterocycles. The first-order valence-corrected chi connectivity index (χ1v) is 23.9. The number of hydrogen-bond donors (Lipinski definition) is 0. The van der Waals surface area contributed by atoms with Gasteiger partial charge >= 0.3 is 0 Å². The summed E-state index contributed by atoms with van der Waals surface area (Å²) in [7, 11) is 0. The largest absolute Gasteiger partial charge is 0.454 e. The molecule has 0 saturated heterocycles. The predicted molar refractivity (Wildman–Crippen MR) is 289 cm³/mol. The molecule has 13 aromatic carbocycles. The molecule has 4 heteroatoms. The molecule has 69 heavy (non-hydrogen) atoms. The van der Waals surface area contributed by atoms with Crippen LogP contribution in [-0.2, 0) is 5.41 Å². The Labute approximate surface area is 396 Å². The van der Waals surface area contributed by atoms with Crippen molar-refractivity contribution >= 4 is 132 Å². The van der Waals surface area contributed by atoms with Crippen LogP contribution >= 0.6 is 0 Å². The zero-order chi connectivity index (χ0) is 45.3. The van der Waals surface area contributed by atoms with Crippen molar-refractivity contribution in [1.82, 2.24) is 0 Å². The van der Waals surface area contributed by atoms with E-state index in [1.165, 1.54) is 86.9 Å². The number of rotatable bonds is 6. The van der Waals surface area contributed by atoms with E-state index in [1.54, 1.807) is 0 Å². The van der Waals surface area contributed by atoms with Gasteiger partial charge in [-0.15, -0.1) is 0 Å². The van der Waals surface area contributed by atoms with Crippen LogP contribution in [0.25, 0.3) is 109 Å². The van der Waals surface area contributed by atoms with Crippen molar-refractivity contribution in [3.63, 3.8) is 0 Å². The Morgan fingerprint density at radius 2 is 0.768 bits per heavy atom. The second-order valence-corrected chi connectivity index (χ2v) is 19.6. The van der Waals surface area contributed by atoms with E-state index < -0.39 is 0 Å². The van der Waals surface area contributed by atoms with Gasteiger partial charge in [-0.25, -0.2) is 0 Å². The number of benzene rings is 13. The minimum absolute atomic E-state index is 0.180. The Balaban J connectivity index is 0.968. The summed E-state index contributed by atoms with van der Waals surface area (Å²) in [5, 5.41) is 16.6. The standard InChI is InChI=1S/C65H40N2O2/c1-65(2)49-15-7-6-14-45(49)46-31-28-44(36-50(46)65)67(54-35-27-42-21-19-38-11-9-17-56-60(38)62(42)64(54)69-56)52-33-25-40-22-29-47-51(32-24-39-23-30-48(52)58(40)57(39)47)66(43-12-4-3-5-13-43)53-34-26-41-20-18-37-10-8-16-55-59(37)61(41)63(53)68-55/h3-36H,1-2H3. The van der Waals surface area contributed by atoms with Gasteiger partial charge in [-0.3, -0.25) is 0 Å². The van der Waals surface area contributed by atoms with Gasteiger partial charge in [-0.1, -0.05) is 159 Å². The summed E-state index contributed by atoms with van der Waals surface area (Å²) in [5.74, 6) is 0. The number of para-hydroxylation sites is 1. The Kier molecular flexibility index (Phi) is 7.12. The highest BCUT2D eigenvalue weighted by Crippen LogP contribution is 2.54. The maximum absolute atomic E-state index is 7.01. The third kappa shape index (κ3) is 4.87. The maximum atomic E-state index is 7.01. The SMILES string of the molecule is CC1(C)c2ccccc2-c2ccc(N(c3ccc4ccc5c(N(c6ccccc6)c6ccc7ccc8cccc9oc6c7c89)ccc6ccc3c4c65)c3ccc4ccc5cccc6oc3c4c56)cc21. The normalized spacial score (nSPS) is 13.5. The van der Waals surface area contributed by atoms with E-state index in [0.29, 0.717) is 0 Å². The molecule has 0 radical (unpaired) electrons. The zero-order valence-electron chi connectivity index (χ0n) is 37.8. The molecule has 2 heterocycles. The molecule has 0 aliphatic heterocycles. The second kappa shape index (κ2) is 13.2. The van der Waals surface area contributed by atoms with Crippen molar-refractivity contribution < 1.29 is 8.83 Å². The van der Waals surface area contributed by atoms with E-state index in [9.17, 15) is 0 Å². The Hall–Kier alpha value is -8.86.